The monoisotopic (exact) mass is 280 g/mol. The summed E-state index contributed by atoms with van der Waals surface area (Å²) in [6.07, 6.45) is 0.107. The molecule has 92 valence electrons. The number of carboxylic acids is 1. The molecule has 0 atom stereocenters. The molecule has 0 saturated heterocycles. The van der Waals surface area contributed by atoms with Crippen LogP contribution in [-0.2, 0) is 4.79 Å². The van der Waals surface area contributed by atoms with Crippen LogP contribution in [0.1, 0.15) is 6.42 Å². The molecule has 0 saturated carbocycles. The molecule has 0 amide bonds. The maximum Gasteiger partial charge on any atom is 0.304 e. The summed E-state index contributed by atoms with van der Waals surface area (Å²) in [5, 5.41) is 9.18. The number of rotatable bonds is 4. The Labute approximate surface area is 110 Å². The predicted molar refractivity (Wildman–Crippen MR) is 70.0 cm³/mol. The van der Waals surface area contributed by atoms with Crippen LogP contribution in [0.25, 0.3) is 22.1 Å². The van der Waals surface area contributed by atoms with Crippen molar-refractivity contribution in [2.24, 2.45) is 0 Å². The molecule has 2 aromatic heterocycles. The first kappa shape index (κ1) is 11.4. The number of imidazole rings is 1. The number of aliphatic carboxylic acids is 1. The predicted octanol–water partition coefficient (Wildman–Crippen LogP) is 2.13. The second kappa shape index (κ2) is 4.54. The van der Waals surface area contributed by atoms with Crippen molar-refractivity contribution in [3.8, 4) is 0 Å². The van der Waals surface area contributed by atoms with Gasteiger partial charge in [0.15, 0.2) is 5.16 Å². The number of aromatic amines is 1. The number of carbonyl (C=O) groups is 1. The minimum atomic E-state index is -0.810. The lowest BCUT2D eigenvalue weighted by atomic mass is 10.3. The Morgan fingerprint density at radius 3 is 3.11 bits per heavy atom. The average Bonchev–Trinajstić information content (AvgIpc) is 2.92. The van der Waals surface area contributed by atoms with Gasteiger partial charge >= 0.3 is 5.97 Å². The Balaban J connectivity index is 1.92. The Morgan fingerprint density at radius 1 is 1.39 bits per heavy atom. The van der Waals surface area contributed by atoms with Crippen LogP contribution in [0.3, 0.4) is 0 Å². The first-order valence-corrected chi connectivity index (χ1v) is 6.95. The van der Waals surface area contributed by atoms with E-state index in [4.69, 9.17) is 5.11 Å². The molecule has 2 N–H and O–H groups in total. The number of hydrogen-bond acceptors (Lipinski definition) is 6. The normalized spacial score (nSPS) is 11.3. The van der Waals surface area contributed by atoms with E-state index in [0.717, 1.165) is 22.1 Å². The summed E-state index contributed by atoms with van der Waals surface area (Å²) in [6.45, 7) is 0. The number of aromatic nitrogens is 4. The maximum atomic E-state index is 10.4. The van der Waals surface area contributed by atoms with Crippen molar-refractivity contribution in [2.45, 2.75) is 11.6 Å². The van der Waals surface area contributed by atoms with E-state index < -0.39 is 5.97 Å². The third-order valence-electron chi connectivity index (χ3n) is 2.39. The fourth-order valence-electron chi connectivity index (χ4n) is 1.58. The zero-order chi connectivity index (χ0) is 12.5. The van der Waals surface area contributed by atoms with Gasteiger partial charge in [-0.3, -0.25) is 9.17 Å². The first-order valence-electron chi connectivity index (χ1n) is 5.19. The zero-order valence-corrected chi connectivity index (χ0v) is 10.7. The summed E-state index contributed by atoms with van der Waals surface area (Å²) in [6, 6.07) is 3.80. The Morgan fingerprint density at radius 2 is 2.28 bits per heavy atom. The molecule has 0 aliphatic heterocycles. The van der Waals surface area contributed by atoms with E-state index in [-0.39, 0.29) is 6.42 Å². The largest absolute Gasteiger partial charge is 0.481 e. The molecule has 0 spiro atoms. The number of H-pyrrole nitrogens is 1. The van der Waals surface area contributed by atoms with Gasteiger partial charge in [-0.05, 0) is 12.1 Å². The number of thioether (sulfide) groups is 1. The van der Waals surface area contributed by atoms with Crippen molar-refractivity contribution >= 4 is 51.5 Å². The van der Waals surface area contributed by atoms with Crippen LogP contribution in [0, 0.1) is 0 Å². The summed E-state index contributed by atoms with van der Waals surface area (Å²) in [5.41, 5.74) is 3.31. The third-order valence-corrected chi connectivity index (χ3v) is 3.83. The quantitative estimate of drug-likeness (QED) is 0.711. The lowest BCUT2D eigenvalue weighted by Crippen LogP contribution is -1.95. The van der Waals surface area contributed by atoms with Gasteiger partial charge in [-0.1, -0.05) is 11.8 Å². The number of carboxylic acid groups (broad SMARTS) is 1. The highest BCUT2D eigenvalue weighted by atomic mass is 32.2. The molecule has 0 fully saturated rings. The fourth-order valence-corrected chi connectivity index (χ4v) is 2.94. The third kappa shape index (κ3) is 2.04. The highest BCUT2D eigenvalue weighted by Crippen LogP contribution is 2.25. The fraction of sp³-hybridized carbons (Fsp3) is 0.200. The standard InChI is InChI=1S/C10H8N4O2S2/c15-7(16)3-4-17-10-11-5-1-2-6-9(8(5)12-10)14-18-13-6/h1-2,13H,3-4H2,(H,15,16). The van der Waals surface area contributed by atoms with Gasteiger partial charge in [0.2, 0.25) is 0 Å². The van der Waals surface area contributed by atoms with Gasteiger partial charge in [0.1, 0.15) is 11.0 Å². The van der Waals surface area contributed by atoms with Crippen LogP contribution in [0.5, 0.6) is 0 Å². The molecule has 2 heterocycles. The summed E-state index contributed by atoms with van der Waals surface area (Å²) < 4.78 is 7.31. The molecule has 0 radical (unpaired) electrons. The van der Waals surface area contributed by atoms with Crippen LogP contribution >= 0.6 is 23.5 Å². The van der Waals surface area contributed by atoms with Crippen LogP contribution in [-0.4, -0.2) is 35.5 Å². The minimum absolute atomic E-state index is 0.107. The molecule has 3 rings (SSSR count). The molecule has 0 aliphatic carbocycles. The minimum Gasteiger partial charge on any atom is -0.481 e. The Bertz CT molecular complexity index is 721. The van der Waals surface area contributed by atoms with Crippen molar-refractivity contribution in [3.63, 3.8) is 0 Å². The summed E-state index contributed by atoms with van der Waals surface area (Å²) in [5.74, 6) is -0.340. The van der Waals surface area contributed by atoms with Crippen molar-refractivity contribution in [3.05, 3.63) is 12.1 Å². The van der Waals surface area contributed by atoms with Gasteiger partial charge < -0.3 is 5.11 Å². The average molecular weight is 280 g/mol. The second-order valence-electron chi connectivity index (χ2n) is 3.61. The van der Waals surface area contributed by atoms with Gasteiger partial charge in [-0.25, -0.2) is 9.97 Å². The maximum absolute atomic E-state index is 10.4. The van der Waals surface area contributed by atoms with Gasteiger partial charge in [-0.15, -0.1) is 0 Å². The highest BCUT2D eigenvalue weighted by Gasteiger charge is 2.10. The van der Waals surface area contributed by atoms with E-state index in [2.05, 4.69) is 18.7 Å². The topological polar surface area (TPSA) is 91.8 Å². The Hall–Kier alpha value is -1.67. The Kier molecular flexibility index (Phi) is 2.88. The van der Waals surface area contributed by atoms with Crippen molar-refractivity contribution < 1.29 is 9.90 Å². The van der Waals surface area contributed by atoms with E-state index in [1.165, 1.54) is 23.5 Å². The molecule has 0 bridgehead atoms. The second-order valence-corrected chi connectivity index (χ2v) is 5.24. The highest BCUT2D eigenvalue weighted by molar-refractivity contribution is 7.99. The van der Waals surface area contributed by atoms with E-state index in [1.54, 1.807) is 0 Å². The molecule has 1 aromatic carbocycles. The molecular weight excluding hydrogens is 272 g/mol. The molecular formula is C10H8N4O2S2. The number of nitrogens with zero attached hydrogens (tertiary/aromatic N) is 3. The van der Waals surface area contributed by atoms with Gasteiger partial charge in [-0.2, -0.15) is 4.37 Å². The van der Waals surface area contributed by atoms with Crippen molar-refractivity contribution in [2.75, 3.05) is 5.75 Å². The van der Waals surface area contributed by atoms with E-state index in [1.807, 2.05) is 12.1 Å². The van der Waals surface area contributed by atoms with Crippen LogP contribution in [0.4, 0.5) is 0 Å². The van der Waals surface area contributed by atoms with E-state index >= 15 is 0 Å². The smallest absolute Gasteiger partial charge is 0.304 e. The van der Waals surface area contributed by atoms with Gasteiger partial charge in [0.25, 0.3) is 0 Å². The summed E-state index contributed by atoms with van der Waals surface area (Å²) >= 11 is 2.62. The number of nitrogens with one attached hydrogen (secondary N) is 1. The SMILES string of the molecule is O=C(O)CCSc1nc2ccc3[nH]snc3c2n1. The first-order chi connectivity index (χ1) is 8.74. The number of fused-ring (bicyclic) bond motifs is 3. The summed E-state index contributed by atoms with van der Waals surface area (Å²) in [7, 11) is 0. The lowest BCUT2D eigenvalue weighted by molar-refractivity contribution is -0.136. The van der Waals surface area contributed by atoms with Gasteiger partial charge in [0.05, 0.1) is 17.5 Å². The lowest BCUT2D eigenvalue weighted by Gasteiger charge is -1.91. The number of benzene rings is 1. The van der Waals surface area contributed by atoms with Crippen LogP contribution in [0.15, 0.2) is 17.3 Å². The zero-order valence-electron chi connectivity index (χ0n) is 9.08. The number of hydrogen-bond donors (Lipinski definition) is 2. The molecule has 6 nitrogen and oxygen atoms in total. The molecule has 8 heteroatoms. The van der Waals surface area contributed by atoms with Crippen LogP contribution < -0.4 is 0 Å². The molecule has 3 aromatic rings. The molecule has 0 aliphatic rings. The van der Waals surface area contributed by atoms with E-state index in [9.17, 15) is 4.79 Å². The summed E-state index contributed by atoms with van der Waals surface area (Å²) in [4.78, 5) is 19.2. The van der Waals surface area contributed by atoms with Gasteiger partial charge in [0, 0.05) is 17.5 Å². The molecule has 0 unspecified atom stereocenters. The van der Waals surface area contributed by atoms with Crippen molar-refractivity contribution in [1.82, 2.24) is 18.7 Å². The van der Waals surface area contributed by atoms with Crippen molar-refractivity contribution in [1.29, 1.82) is 0 Å². The van der Waals surface area contributed by atoms with Crippen LogP contribution in [0.2, 0.25) is 0 Å². The van der Waals surface area contributed by atoms with E-state index in [0.29, 0.717) is 10.9 Å². The molecule has 18 heavy (non-hydrogen) atoms.